The van der Waals surface area contributed by atoms with Crippen LogP contribution in [0.1, 0.15) is 11.4 Å². The summed E-state index contributed by atoms with van der Waals surface area (Å²) in [7, 11) is 0. The van der Waals surface area contributed by atoms with E-state index in [0.717, 1.165) is 27.2 Å². The number of benzene rings is 1. The number of hydrogen-bond acceptors (Lipinski definition) is 7. The second-order valence-corrected chi connectivity index (χ2v) is 6.82. The second kappa shape index (κ2) is 9.28. The molecule has 0 bridgehead atoms. The lowest BCUT2D eigenvalue weighted by Crippen LogP contribution is -2.22. The Bertz CT molecular complexity index is 710. The van der Waals surface area contributed by atoms with Gasteiger partial charge < -0.3 is 20.5 Å². The molecule has 2 heterocycles. The van der Waals surface area contributed by atoms with E-state index in [1.54, 1.807) is 11.8 Å². The molecule has 24 heavy (non-hydrogen) atoms. The zero-order chi connectivity index (χ0) is 16.1. The molecule has 3 N–H and O–H groups in total. The first kappa shape index (κ1) is 19.1. The number of hydrogen-bond donors (Lipinski definition) is 2. The molecule has 7 nitrogen and oxygen atoms in total. The van der Waals surface area contributed by atoms with Crippen molar-refractivity contribution in [2.75, 3.05) is 24.8 Å². The standard InChI is InChI=1S/C14H17N5O2S2.HI/c1-22-14-19-18-12(23-14)8-16-13(15)17-9-3-4-10-11(7-9)21-6-2-5-20-10;/h3-4,7H,2,5-6,8H2,1H3,(H3,15,16,17);1H. The molecule has 0 spiro atoms. The van der Waals surface area contributed by atoms with Crippen LogP contribution in [0.2, 0.25) is 0 Å². The summed E-state index contributed by atoms with van der Waals surface area (Å²) in [6.07, 6.45) is 2.84. The quantitative estimate of drug-likeness (QED) is 0.301. The Balaban J connectivity index is 0.00000208. The maximum Gasteiger partial charge on any atom is 0.193 e. The second-order valence-electron chi connectivity index (χ2n) is 4.70. The predicted molar refractivity (Wildman–Crippen MR) is 108 cm³/mol. The van der Waals surface area contributed by atoms with E-state index in [1.807, 2.05) is 24.5 Å². The fraction of sp³-hybridized carbons (Fsp3) is 0.357. The Morgan fingerprint density at radius 3 is 2.88 bits per heavy atom. The largest absolute Gasteiger partial charge is 0.490 e. The number of nitrogens with one attached hydrogen (secondary N) is 1. The summed E-state index contributed by atoms with van der Waals surface area (Å²) in [5, 5.41) is 12.0. The van der Waals surface area contributed by atoms with Crippen molar-refractivity contribution in [2.24, 2.45) is 10.7 Å². The maximum atomic E-state index is 5.92. The first-order valence-electron chi connectivity index (χ1n) is 7.07. The molecule has 1 aliphatic rings. The minimum atomic E-state index is 0. The van der Waals surface area contributed by atoms with Gasteiger partial charge in [-0.1, -0.05) is 23.1 Å². The van der Waals surface area contributed by atoms with Crippen LogP contribution in [0.25, 0.3) is 0 Å². The molecule has 2 aromatic rings. The minimum absolute atomic E-state index is 0. The highest BCUT2D eigenvalue weighted by Gasteiger charge is 2.11. The lowest BCUT2D eigenvalue weighted by molar-refractivity contribution is 0.297. The van der Waals surface area contributed by atoms with E-state index in [1.165, 1.54) is 11.3 Å². The summed E-state index contributed by atoms with van der Waals surface area (Å²) < 4.78 is 12.2. The highest BCUT2D eigenvalue weighted by molar-refractivity contribution is 14.0. The zero-order valence-corrected chi connectivity index (χ0v) is 17.0. The average Bonchev–Trinajstić information content (AvgIpc) is 2.90. The summed E-state index contributed by atoms with van der Waals surface area (Å²) in [5.41, 5.74) is 6.72. The van der Waals surface area contributed by atoms with Crippen molar-refractivity contribution in [1.82, 2.24) is 10.2 Å². The Kier molecular flexibility index (Phi) is 7.37. The summed E-state index contributed by atoms with van der Waals surface area (Å²) >= 11 is 3.08. The van der Waals surface area contributed by atoms with Crippen LogP contribution in [0.3, 0.4) is 0 Å². The third kappa shape index (κ3) is 5.11. The van der Waals surface area contributed by atoms with Gasteiger partial charge in [-0.25, -0.2) is 4.99 Å². The fourth-order valence-electron chi connectivity index (χ4n) is 1.97. The minimum Gasteiger partial charge on any atom is -0.490 e. The molecule has 0 aliphatic carbocycles. The predicted octanol–water partition coefficient (Wildman–Crippen LogP) is 2.97. The molecule has 130 valence electrons. The van der Waals surface area contributed by atoms with Crippen molar-refractivity contribution in [2.45, 2.75) is 17.3 Å². The van der Waals surface area contributed by atoms with E-state index in [4.69, 9.17) is 15.2 Å². The van der Waals surface area contributed by atoms with E-state index in [9.17, 15) is 0 Å². The Morgan fingerprint density at radius 1 is 1.33 bits per heavy atom. The Morgan fingerprint density at radius 2 is 2.12 bits per heavy atom. The fourth-order valence-corrected chi connectivity index (χ4v) is 3.20. The third-order valence-electron chi connectivity index (χ3n) is 3.03. The summed E-state index contributed by atoms with van der Waals surface area (Å²) in [6.45, 7) is 1.72. The number of aliphatic imine (C=N–C) groups is 1. The topological polar surface area (TPSA) is 94.7 Å². The molecule has 0 fully saturated rings. The van der Waals surface area contributed by atoms with Gasteiger partial charge in [0.2, 0.25) is 0 Å². The van der Waals surface area contributed by atoms with E-state index >= 15 is 0 Å². The van der Waals surface area contributed by atoms with Crippen LogP contribution < -0.4 is 20.5 Å². The molecule has 3 rings (SSSR count). The lowest BCUT2D eigenvalue weighted by atomic mass is 10.3. The molecule has 1 aromatic heterocycles. The molecule has 0 unspecified atom stereocenters. The van der Waals surface area contributed by atoms with Crippen molar-refractivity contribution in [3.63, 3.8) is 0 Å². The number of fused-ring (bicyclic) bond motifs is 1. The van der Waals surface area contributed by atoms with E-state index < -0.39 is 0 Å². The summed E-state index contributed by atoms with van der Waals surface area (Å²) in [6, 6.07) is 5.61. The van der Waals surface area contributed by atoms with E-state index in [-0.39, 0.29) is 24.0 Å². The molecule has 0 radical (unpaired) electrons. The molecule has 1 aliphatic heterocycles. The average molecular weight is 479 g/mol. The molecule has 0 saturated carbocycles. The number of nitrogens with zero attached hydrogens (tertiary/aromatic N) is 3. The number of anilines is 1. The van der Waals surface area contributed by atoms with Crippen LogP contribution in [0.4, 0.5) is 5.69 Å². The van der Waals surface area contributed by atoms with Crippen LogP contribution in [0, 0.1) is 0 Å². The van der Waals surface area contributed by atoms with Crippen LogP contribution >= 0.6 is 47.1 Å². The molecule has 0 amide bonds. The van der Waals surface area contributed by atoms with Gasteiger partial charge in [0.05, 0.1) is 19.8 Å². The monoisotopic (exact) mass is 479 g/mol. The number of ether oxygens (including phenoxy) is 2. The van der Waals surface area contributed by atoms with Crippen molar-refractivity contribution in [1.29, 1.82) is 0 Å². The van der Waals surface area contributed by atoms with Gasteiger partial charge in [-0.05, 0) is 18.4 Å². The number of thioether (sulfide) groups is 1. The Labute approximate surface area is 165 Å². The molecule has 1 aromatic carbocycles. The van der Waals surface area contributed by atoms with Gasteiger partial charge in [0.25, 0.3) is 0 Å². The molecule has 0 saturated heterocycles. The summed E-state index contributed by atoms with van der Waals surface area (Å²) in [5.74, 6) is 1.79. The van der Waals surface area contributed by atoms with Gasteiger partial charge in [-0.15, -0.1) is 34.2 Å². The number of rotatable bonds is 4. The van der Waals surface area contributed by atoms with Gasteiger partial charge in [0.15, 0.2) is 21.8 Å². The Hall–Kier alpha value is -1.27. The van der Waals surface area contributed by atoms with E-state index in [0.29, 0.717) is 31.5 Å². The van der Waals surface area contributed by atoms with Crippen LogP contribution in [0.5, 0.6) is 11.5 Å². The maximum absolute atomic E-state index is 5.92. The van der Waals surface area contributed by atoms with Crippen molar-refractivity contribution < 1.29 is 9.47 Å². The number of aromatic nitrogens is 2. The molecular formula is C14H18IN5O2S2. The smallest absolute Gasteiger partial charge is 0.193 e. The highest BCUT2D eigenvalue weighted by atomic mass is 127. The van der Waals surface area contributed by atoms with E-state index in [2.05, 4.69) is 20.5 Å². The summed E-state index contributed by atoms with van der Waals surface area (Å²) in [4.78, 5) is 4.28. The van der Waals surface area contributed by atoms with Gasteiger partial charge in [0, 0.05) is 18.2 Å². The number of nitrogens with two attached hydrogens (primary N) is 1. The number of halogens is 1. The number of guanidine groups is 1. The highest BCUT2D eigenvalue weighted by Crippen LogP contribution is 2.32. The van der Waals surface area contributed by atoms with Gasteiger partial charge in [-0.2, -0.15) is 0 Å². The normalized spacial score (nSPS) is 13.8. The van der Waals surface area contributed by atoms with Gasteiger partial charge in [-0.3, -0.25) is 0 Å². The third-order valence-corrected chi connectivity index (χ3v) is 4.91. The van der Waals surface area contributed by atoms with Crippen molar-refractivity contribution in [3.05, 3.63) is 23.2 Å². The molecular weight excluding hydrogens is 461 g/mol. The SMILES string of the molecule is CSc1nnc(CN=C(N)Nc2ccc3c(c2)OCCCO3)s1.I. The van der Waals surface area contributed by atoms with Gasteiger partial charge in [0.1, 0.15) is 5.01 Å². The van der Waals surface area contributed by atoms with Crippen molar-refractivity contribution >= 4 is 58.7 Å². The van der Waals surface area contributed by atoms with Crippen molar-refractivity contribution in [3.8, 4) is 11.5 Å². The van der Waals surface area contributed by atoms with Crippen LogP contribution in [-0.2, 0) is 6.54 Å². The molecule has 0 atom stereocenters. The lowest BCUT2D eigenvalue weighted by Gasteiger charge is -2.10. The molecule has 10 heteroatoms. The zero-order valence-electron chi connectivity index (χ0n) is 13.0. The first-order valence-corrected chi connectivity index (χ1v) is 9.11. The van der Waals surface area contributed by atoms with Gasteiger partial charge >= 0.3 is 0 Å². The first-order chi connectivity index (χ1) is 11.2. The van der Waals surface area contributed by atoms with Crippen LogP contribution in [0.15, 0.2) is 27.5 Å². The van der Waals surface area contributed by atoms with Crippen LogP contribution in [-0.4, -0.2) is 35.6 Å².